The summed E-state index contributed by atoms with van der Waals surface area (Å²) in [6, 6.07) is 13.0. The minimum atomic E-state index is -0.300. The van der Waals surface area contributed by atoms with Crippen LogP contribution < -0.4 is 15.4 Å². The number of nitrogens with one attached hydrogen (secondary N) is 2. The van der Waals surface area contributed by atoms with Crippen LogP contribution in [0.2, 0.25) is 5.02 Å². The number of anilines is 2. The Morgan fingerprint density at radius 3 is 2.08 bits per heavy atom. The van der Waals surface area contributed by atoms with Crippen LogP contribution in [0, 0.1) is 0 Å². The van der Waals surface area contributed by atoms with Crippen molar-refractivity contribution in [2.45, 2.75) is 97.4 Å². The third-order valence-corrected chi connectivity index (χ3v) is 8.20. The number of allylic oxidation sites excluding steroid dienone is 1. The lowest BCUT2D eigenvalue weighted by Gasteiger charge is -2.15. The molecule has 0 bridgehead atoms. The number of benzene rings is 2. The fraction of sp³-hybridized carbons (Fsp3) is 0.531. The maximum Gasteiger partial charge on any atom is 0.323 e. The van der Waals surface area contributed by atoms with Gasteiger partial charge in [-0.2, -0.15) is 0 Å². The van der Waals surface area contributed by atoms with E-state index in [4.69, 9.17) is 16.3 Å². The van der Waals surface area contributed by atoms with Crippen molar-refractivity contribution in [3.05, 3.63) is 64.2 Å². The molecule has 0 spiro atoms. The Bertz CT molecular complexity index is 1030. The van der Waals surface area contributed by atoms with Crippen LogP contribution in [-0.4, -0.2) is 23.4 Å². The lowest BCUT2D eigenvalue weighted by Crippen LogP contribution is -2.19. The Kier molecular flexibility index (Phi) is 14.5. The lowest BCUT2D eigenvalue weighted by molar-refractivity contribution is 0.262. The van der Waals surface area contributed by atoms with E-state index < -0.39 is 0 Å². The third kappa shape index (κ3) is 12.6. The van der Waals surface area contributed by atoms with Gasteiger partial charge >= 0.3 is 6.03 Å². The molecule has 0 unspecified atom stereocenters. The van der Waals surface area contributed by atoms with Crippen molar-refractivity contribution in [3.8, 4) is 5.75 Å². The van der Waals surface area contributed by atoms with Crippen LogP contribution in [0.15, 0.2) is 53.6 Å². The molecular formula is C32H46ClN3O2S. The maximum atomic E-state index is 12.5. The van der Waals surface area contributed by atoms with Gasteiger partial charge < -0.3 is 20.3 Å². The van der Waals surface area contributed by atoms with Crippen molar-refractivity contribution in [1.29, 1.82) is 0 Å². The number of nitrogens with zero attached hydrogens (tertiary/aromatic N) is 1. The van der Waals surface area contributed by atoms with Gasteiger partial charge in [-0.15, -0.1) is 11.8 Å². The molecule has 0 fully saturated rings. The molecule has 0 aromatic heterocycles. The molecule has 0 radical (unpaired) electrons. The molecule has 1 heterocycles. The first-order valence-electron chi connectivity index (χ1n) is 14.7. The van der Waals surface area contributed by atoms with E-state index in [0.717, 1.165) is 24.5 Å². The lowest BCUT2D eigenvalue weighted by atomic mass is 10.1. The molecular weight excluding hydrogens is 526 g/mol. The molecule has 2 N–H and O–H groups in total. The van der Waals surface area contributed by atoms with Gasteiger partial charge in [0.25, 0.3) is 0 Å². The molecule has 2 aromatic carbocycles. The minimum absolute atomic E-state index is 0.300. The SMILES string of the molecule is CCCCCCCCCCCCCCOc1cc(NC(=O)Nc2ccc(CN3C=C(C)SC3)cc2)ccc1Cl. The summed E-state index contributed by atoms with van der Waals surface area (Å²) >= 11 is 8.19. The number of unbranched alkanes of at least 4 members (excludes halogenated alkanes) is 11. The standard InChI is InChI=1S/C32H46ClN3O2S/c1-3-4-5-6-7-8-9-10-11-12-13-14-21-38-31-22-29(19-20-30(31)33)35-32(37)34-28-17-15-27(16-18-28)24-36-23-26(2)39-25-36/h15-20,22-23H,3-14,21,24-25H2,1-2H3,(H2,34,35,37). The van der Waals surface area contributed by atoms with Gasteiger partial charge in [-0.1, -0.05) is 101 Å². The topological polar surface area (TPSA) is 53.6 Å². The van der Waals surface area contributed by atoms with E-state index in [1.54, 1.807) is 18.2 Å². The number of carbonyl (C=O) groups excluding carboxylic acids is 1. The second-order valence-corrected chi connectivity index (χ2v) is 12.0. The summed E-state index contributed by atoms with van der Waals surface area (Å²) < 4.78 is 5.93. The predicted molar refractivity (Wildman–Crippen MR) is 169 cm³/mol. The average molecular weight is 572 g/mol. The number of rotatable bonds is 18. The average Bonchev–Trinajstić information content (AvgIpc) is 3.33. The summed E-state index contributed by atoms with van der Waals surface area (Å²) in [7, 11) is 0. The molecule has 3 rings (SSSR count). The van der Waals surface area contributed by atoms with Crippen LogP contribution in [-0.2, 0) is 6.54 Å². The van der Waals surface area contributed by atoms with Gasteiger partial charge in [0.15, 0.2) is 0 Å². The van der Waals surface area contributed by atoms with Gasteiger partial charge in [-0.05, 0) is 48.1 Å². The van der Waals surface area contributed by atoms with Gasteiger partial charge in [-0.25, -0.2) is 4.79 Å². The van der Waals surface area contributed by atoms with E-state index in [1.165, 1.54) is 81.1 Å². The van der Waals surface area contributed by atoms with E-state index in [-0.39, 0.29) is 6.03 Å². The Labute approximate surface area is 245 Å². The van der Waals surface area contributed by atoms with Gasteiger partial charge in [-0.3, -0.25) is 0 Å². The number of carbonyl (C=O) groups is 1. The van der Waals surface area contributed by atoms with Crippen molar-refractivity contribution in [2.75, 3.05) is 23.1 Å². The first-order valence-corrected chi connectivity index (χ1v) is 16.0. The highest BCUT2D eigenvalue weighted by Gasteiger charge is 2.11. The third-order valence-electron chi connectivity index (χ3n) is 6.86. The number of thioether (sulfide) groups is 1. The van der Waals surface area contributed by atoms with Crippen molar-refractivity contribution in [3.63, 3.8) is 0 Å². The first kappa shape index (κ1) is 31.2. The molecule has 2 aromatic rings. The quantitative estimate of drug-likeness (QED) is 0.175. The fourth-order valence-corrected chi connectivity index (χ4v) is 5.58. The van der Waals surface area contributed by atoms with Crippen molar-refractivity contribution in [2.24, 2.45) is 0 Å². The Hall–Kier alpha value is -2.31. The molecule has 1 aliphatic rings. The zero-order chi connectivity index (χ0) is 27.7. The Balaban J connectivity index is 1.30. The highest BCUT2D eigenvalue weighted by atomic mass is 35.5. The molecule has 1 aliphatic heterocycles. The number of ether oxygens (including phenoxy) is 1. The summed E-state index contributed by atoms with van der Waals surface area (Å²) in [5, 5.41) is 6.33. The summed E-state index contributed by atoms with van der Waals surface area (Å²) in [6.07, 6.45) is 17.9. The molecule has 0 aliphatic carbocycles. The Morgan fingerprint density at radius 2 is 1.46 bits per heavy atom. The summed E-state index contributed by atoms with van der Waals surface area (Å²) in [6.45, 7) is 5.89. The number of halogens is 1. The molecule has 2 amide bonds. The molecule has 0 saturated heterocycles. The zero-order valence-electron chi connectivity index (χ0n) is 23.8. The molecule has 39 heavy (non-hydrogen) atoms. The van der Waals surface area contributed by atoms with E-state index >= 15 is 0 Å². The zero-order valence-corrected chi connectivity index (χ0v) is 25.3. The Morgan fingerprint density at radius 1 is 0.872 bits per heavy atom. The number of urea groups is 1. The van der Waals surface area contributed by atoms with E-state index in [9.17, 15) is 4.79 Å². The highest BCUT2D eigenvalue weighted by molar-refractivity contribution is 8.03. The molecule has 0 saturated carbocycles. The van der Waals surface area contributed by atoms with E-state index in [0.29, 0.717) is 23.1 Å². The molecule has 0 atom stereocenters. The van der Waals surface area contributed by atoms with Gasteiger partial charge in [0.2, 0.25) is 0 Å². The molecule has 5 nitrogen and oxygen atoms in total. The smallest absolute Gasteiger partial charge is 0.323 e. The van der Waals surface area contributed by atoms with E-state index in [2.05, 4.69) is 35.6 Å². The number of hydrogen-bond acceptors (Lipinski definition) is 4. The second kappa shape index (κ2) is 18.1. The molecule has 214 valence electrons. The van der Waals surface area contributed by atoms with Crippen LogP contribution in [0.3, 0.4) is 0 Å². The summed E-state index contributed by atoms with van der Waals surface area (Å²) in [4.78, 5) is 16.2. The van der Waals surface area contributed by atoms with Crippen molar-refractivity contribution >= 4 is 40.8 Å². The molecule has 7 heteroatoms. The van der Waals surface area contributed by atoms with Gasteiger partial charge in [0, 0.05) is 30.2 Å². The fourth-order valence-electron chi connectivity index (χ4n) is 4.65. The van der Waals surface area contributed by atoms with Crippen LogP contribution in [0.25, 0.3) is 0 Å². The van der Waals surface area contributed by atoms with Crippen molar-refractivity contribution in [1.82, 2.24) is 4.90 Å². The maximum absolute atomic E-state index is 12.5. The van der Waals surface area contributed by atoms with Crippen molar-refractivity contribution < 1.29 is 9.53 Å². The van der Waals surface area contributed by atoms with Crippen LogP contribution >= 0.6 is 23.4 Å². The van der Waals surface area contributed by atoms with Crippen LogP contribution in [0.4, 0.5) is 16.2 Å². The predicted octanol–water partition coefficient (Wildman–Crippen LogP) is 10.4. The summed E-state index contributed by atoms with van der Waals surface area (Å²) in [5.41, 5.74) is 2.60. The largest absolute Gasteiger partial charge is 0.492 e. The summed E-state index contributed by atoms with van der Waals surface area (Å²) in [5.74, 6) is 1.59. The van der Waals surface area contributed by atoms with Crippen LogP contribution in [0.1, 0.15) is 96.5 Å². The number of hydrogen-bond donors (Lipinski definition) is 2. The van der Waals surface area contributed by atoms with E-state index in [1.807, 2.05) is 36.0 Å². The second-order valence-electron chi connectivity index (χ2n) is 10.4. The van der Waals surface area contributed by atoms with Crippen LogP contribution in [0.5, 0.6) is 5.75 Å². The van der Waals surface area contributed by atoms with Gasteiger partial charge in [0.1, 0.15) is 5.75 Å². The van der Waals surface area contributed by atoms with Gasteiger partial charge in [0.05, 0.1) is 17.5 Å². The number of amides is 2. The monoisotopic (exact) mass is 571 g/mol. The normalized spacial score (nSPS) is 12.9. The first-order chi connectivity index (χ1) is 19.0. The minimum Gasteiger partial charge on any atom is -0.492 e. The highest BCUT2D eigenvalue weighted by Crippen LogP contribution is 2.29.